The molecular weight excluding hydrogens is 567 g/mol. The molecule has 4 rings (SSSR count). The monoisotopic (exact) mass is 606 g/mol. The summed E-state index contributed by atoms with van der Waals surface area (Å²) in [5.74, 6) is -0.236. The average Bonchev–Trinajstić information content (AvgIpc) is 3.33. The Balaban J connectivity index is 1.64. The summed E-state index contributed by atoms with van der Waals surface area (Å²) in [7, 11) is -3.75. The molecular formula is C33H39N2O7P. The number of hydrogen-bond donors (Lipinski definition) is 1. The van der Waals surface area contributed by atoms with Crippen LogP contribution in [-0.2, 0) is 20.2 Å². The van der Waals surface area contributed by atoms with Gasteiger partial charge in [0.2, 0.25) is 5.78 Å². The number of nitrogens with zero attached hydrogens (tertiary/aromatic N) is 2. The number of oxime groups is 1. The van der Waals surface area contributed by atoms with Crippen molar-refractivity contribution in [1.29, 1.82) is 0 Å². The normalized spacial score (nSPS) is 12.2. The lowest BCUT2D eigenvalue weighted by Gasteiger charge is -2.17. The van der Waals surface area contributed by atoms with Crippen LogP contribution in [0.1, 0.15) is 86.1 Å². The van der Waals surface area contributed by atoms with Crippen molar-refractivity contribution in [3.63, 3.8) is 0 Å². The molecule has 228 valence electrons. The van der Waals surface area contributed by atoms with Gasteiger partial charge in [0.1, 0.15) is 11.5 Å². The molecule has 0 atom stereocenters. The number of aromatic nitrogens is 1. The van der Waals surface area contributed by atoms with Gasteiger partial charge in [-0.1, -0.05) is 31.3 Å². The van der Waals surface area contributed by atoms with Crippen LogP contribution in [0.2, 0.25) is 0 Å². The van der Waals surface area contributed by atoms with Crippen LogP contribution in [-0.4, -0.2) is 40.3 Å². The molecule has 0 amide bonds. The molecule has 0 spiro atoms. The zero-order valence-electron chi connectivity index (χ0n) is 25.2. The minimum Gasteiger partial charge on any atom is -0.411 e. The van der Waals surface area contributed by atoms with Gasteiger partial charge in [-0.3, -0.25) is 18.6 Å². The average molecular weight is 607 g/mol. The van der Waals surface area contributed by atoms with Crippen LogP contribution < -0.4 is 4.52 Å². The number of carbonyl (C=O) groups is 2. The molecule has 0 saturated carbocycles. The Bertz CT molecular complexity index is 1660. The van der Waals surface area contributed by atoms with Gasteiger partial charge in [0, 0.05) is 45.0 Å². The Morgan fingerprint density at radius 1 is 0.791 bits per heavy atom. The van der Waals surface area contributed by atoms with Crippen LogP contribution in [0.5, 0.6) is 5.75 Å². The zero-order chi connectivity index (χ0) is 31.0. The summed E-state index contributed by atoms with van der Waals surface area (Å²) in [5.41, 5.74) is 3.39. The number of ketones is 2. The third kappa shape index (κ3) is 7.24. The Hall–Kier alpha value is -3.78. The van der Waals surface area contributed by atoms with Gasteiger partial charge in [0.15, 0.2) is 5.78 Å². The van der Waals surface area contributed by atoms with Gasteiger partial charge in [0.25, 0.3) is 0 Å². The highest BCUT2D eigenvalue weighted by atomic mass is 31.2. The van der Waals surface area contributed by atoms with Gasteiger partial charge in [-0.2, -0.15) is 0 Å². The van der Waals surface area contributed by atoms with E-state index in [0.29, 0.717) is 29.7 Å². The van der Waals surface area contributed by atoms with Gasteiger partial charge in [-0.05, 0) is 94.3 Å². The molecule has 0 radical (unpaired) electrons. The van der Waals surface area contributed by atoms with E-state index < -0.39 is 7.82 Å². The number of fused-ring (bicyclic) bond motifs is 3. The van der Waals surface area contributed by atoms with Crippen molar-refractivity contribution in [2.24, 2.45) is 5.16 Å². The van der Waals surface area contributed by atoms with Crippen molar-refractivity contribution < 1.29 is 32.9 Å². The van der Waals surface area contributed by atoms with Crippen LogP contribution >= 0.6 is 7.82 Å². The number of phosphoric ester groups is 1. The number of Topliss-reactive ketones (excluding diaryl/α,β-unsaturated/α-hetero) is 1. The maximum Gasteiger partial charge on any atom is 0.530 e. The van der Waals surface area contributed by atoms with E-state index in [4.69, 9.17) is 13.6 Å². The lowest BCUT2D eigenvalue weighted by molar-refractivity contribution is 0.103. The number of hydrogen-bond acceptors (Lipinski definition) is 8. The highest BCUT2D eigenvalue weighted by molar-refractivity contribution is 7.48. The number of phosphoric acid groups is 1. The smallest absolute Gasteiger partial charge is 0.411 e. The standard InChI is InChI=1S/C33H39N2O7P/c1-5-9-10-11-12-29(34-38)33(37)25-16-20-31-28(22-25)27-21-24(15-19-30(27)35(31)6-2)32(36)23-13-17-26(18-14-23)42-43(39,40-7-3)41-8-4/h13-22,38H,5-12H2,1-4H3/b34-29+. The molecule has 0 unspecified atom stereocenters. The van der Waals surface area contributed by atoms with Crippen molar-refractivity contribution in [3.8, 4) is 5.75 Å². The molecule has 0 aliphatic rings. The van der Waals surface area contributed by atoms with E-state index >= 15 is 0 Å². The van der Waals surface area contributed by atoms with Crippen molar-refractivity contribution in [1.82, 2.24) is 4.57 Å². The Kier molecular flexibility index (Phi) is 10.9. The second-order valence-corrected chi connectivity index (χ2v) is 11.7. The van der Waals surface area contributed by atoms with E-state index in [-0.39, 0.29) is 36.2 Å². The summed E-state index contributed by atoms with van der Waals surface area (Å²) in [6.07, 6.45) is 4.32. The minimum atomic E-state index is -3.75. The highest BCUT2D eigenvalue weighted by Gasteiger charge is 2.27. The molecule has 0 bridgehead atoms. The van der Waals surface area contributed by atoms with E-state index in [0.717, 1.165) is 47.5 Å². The first-order valence-electron chi connectivity index (χ1n) is 14.8. The molecule has 0 aliphatic heterocycles. The molecule has 1 heterocycles. The third-order valence-corrected chi connectivity index (χ3v) is 8.85. The SMILES string of the molecule is CCCCCC/C(=N\O)C(=O)c1ccc2c(c1)c1cc(C(=O)c3ccc(OP(=O)(OCC)OCC)cc3)ccc1n2CC. The number of unbranched alkanes of at least 4 members (excludes halogenated alkanes) is 3. The molecule has 1 aromatic heterocycles. The van der Waals surface area contributed by atoms with E-state index in [1.165, 1.54) is 0 Å². The number of rotatable bonds is 16. The summed E-state index contributed by atoms with van der Waals surface area (Å²) in [6, 6.07) is 17.4. The molecule has 43 heavy (non-hydrogen) atoms. The van der Waals surface area contributed by atoms with Gasteiger partial charge >= 0.3 is 7.82 Å². The van der Waals surface area contributed by atoms with Crippen LogP contribution in [0.25, 0.3) is 21.8 Å². The van der Waals surface area contributed by atoms with Crippen LogP contribution in [0.15, 0.2) is 65.8 Å². The van der Waals surface area contributed by atoms with E-state index in [1.54, 1.807) is 50.2 Å². The van der Waals surface area contributed by atoms with E-state index in [9.17, 15) is 19.4 Å². The number of carbonyl (C=O) groups excluding carboxylic acids is 2. The maximum atomic E-state index is 13.5. The fraction of sp³-hybridized carbons (Fsp3) is 0.364. The summed E-state index contributed by atoms with van der Waals surface area (Å²) >= 11 is 0. The summed E-state index contributed by atoms with van der Waals surface area (Å²) < 4.78 is 30.7. The van der Waals surface area contributed by atoms with Crippen molar-refractivity contribution in [2.45, 2.75) is 66.3 Å². The summed E-state index contributed by atoms with van der Waals surface area (Å²) in [5, 5.41) is 14.6. The molecule has 10 heteroatoms. The largest absolute Gasteiger partial charge is 0.530 e. The lowest BCUT2D eigenvalue weighted by Crippen LogP contribution is -2.14. The van der Waals surface area contributed by atoms with Crippen LogP contribution in [0.4, 0.5) is 0 Å². The molecule has 4 aromatic rings. The summed E-state index contributed by atoms with van der Waals surface area (Å²) in [6.45, 7) is 8.58. The first-order valence-corrected chi connectivity index (χ1v) is 16.3. The highest BCUT2D eigenvalue weighted by Crippen LogP contribution is 2.49. The molecule has 0 saturated heterocycles. The second-order valence-electron chi connectivity index (χ2n) is 10.1. The first-order chi connectivity index (χ1) is 20.8. The summed E-state index contributed by atoms with van der Waals surface area (Å²) in [4.78, 5) is 26.8. The third-order valence-electron chi connectivity index (χ3n) is 7.26. The molecule has 0 fully saturated rings. The molecule has 1 N–H and O–H groups in total. The zero-order valence-corrected chi connectivity index (χ0v) is 26.1. The molecule has 9 nitrogen and oxygen atoms in total. The Morgan fingerprint density at radius 2 is 1.37 bits per heavy atom. The quantitative estimate of drug-likeness (QED) is 0.0339. The fourth-order valence-electron chi connectivity index (χ4n) is 5.19. The van der Waals surface area contributed by atoms with Gasteiger partial charge in [-0.15, -0.1) is 0 Å². The molecule has 0 aliphatic carbocycles. The topological polar surface area (TPSA) is 116 Å². The predicted molar refractivity (Wildman–Crippen MR) is 169 cm³/mol. The second kappa shape index (κ2) is 14.6. The van der Waals surface area contributed by atoms with E-state index in [1.807, 2.05) is 31.2 Å². The molecule has 3 aromatic carbocycles. The number of aryl methyl sites for hydroxylation is 1. The van der Waals surface area contributed by atoms with Gasteiger partial charge in [-0.25, -0.2) is 4.57 Å². The van der Waals surface area contributed by atoms with Crippen molar-refractivity contribution in [2.75, 3.05) is 13.2 Å². The van der Waals surface area contributed by atoms with Crippen LogP contribution in [0.3, 0.4) is 0 Å². The first kappa shape index (κ1) is 32.1. The van der Waals surface area contributed by atoms with Crippen molar-refractivity contribution in [3.05, 3.63) is 77.4 Å². The van der Waals surface area contributed by atoms with Gasteiger partial charge in [0.05, 0.1) is 13.2 Å². The predicted octanol–water partition coefficient (Wildman–Crippen LogP) is 8.59. The Morgan fingerprint density at radius 3 is 1.93 bits per heavy atom. The maximum absolute atomic E-state index is 13.5. The van der Waals surface area contributed by atoms with Gasteiger partial charge < -0.3 is 14.3 Å². The van der Waals surface area contributed by atoms with Crippen LogP contribution in [0, 0.1) is 0 Å². The lowest BCUT2D eigenvalue weighted by atomic mass is 9.98. The minimum absolute atomic E-state index is 0.150. The number of benzene rings is 3. The van der Waals surface area contributed by atoms with Crippen molar-refractivity contribution >= 4 is 46.9 Å². The van der Waals surface area contributed by atoms with E-state index in [2.05, 4.69) is 16.6 Å². The fourth-order valence-corrected chi connectivity index (χ4v) is 6.38. The Labute approximate surface area is 252 Å².